The SMILES string of the molecule is O[C@@H]1[CH-][C@H](O)CO[C@H]1O. The molecule has 4 nitrogen and oxygen atoms in total. The maximum atomic E-state index is 8.76. The molecule has 0 spiro atoms. The van der Waals surface area contributed by atoms with Crippen LogP contribution in [0.4, 0.5) is 0 Å². The van der Waals surface area contributed by atoms with Gasteiger partial charge in [0.2, 0.25) is 0 Å². The standard InChI is InChI=1S/C5H9O4/c6-3-1-4(7)5(8)9-2-3/h1,3-8H,2H2/q-1/t3-,4+,5+/m0/s1. The van der Waals surface area contributed by atoms with E-state index in [9.17, 15) is 0 Å². The number of aliphatic hydroxyl groups excluding tert-OH is 3. The number of rotatable bonds is 0. The lowest BCUT2D eigenvalue weighted by atomic mass is 10.1. The second-order valence-corrected chi connectivity index (χ2v) is 1.97. The Morgan fingerprint density at radius 2 is 2.00 bits per heavy atom. The zero-order valence-corrected chi connectivity index (χ0v) is 4.77. The van der Waals surface area contributed by atoms with Crippen molar-refractivity contribution in [1.29, 1.82) is 0 Å². The van der Waals surface area contributed by atoms with Crippen LogP contribution in [-0.2, 0) is 4.74 Å². The molecule has 1 saturated heterocycles. The minimum absolute atomic E-state index is 0.0538. The third-order valence-corrected chi connectivity index (χ3v) is 1.15. The average molecular weight is 133 g/mol. The van der Waals surface area contributed by atoms with Crippen molar-refractivity contribution >= 4 is 0 Å². The van der Waals surface area contributed by atoms with Gasteiger partial charge in [-0.3, -0.25) is 6.42 Å². The third-order valence-electron chi connectivity index (χ3n) is 1.15. The van der Waals surface area contributed by atoms with Crippen molar-refractivity contribution in [1.82, 2.24) is 0 Å². The van der Waals surface area contributed by atoms with E-state index in [0.717, 1.165) is 0 Å². The van der Waals surface area contributed by atoms with Crippen LogP contribution in [0.25, 0.3) is 0 Å². The molecule has 1 heterocycles. The van der Waals surface area contributed by atoms with Gasteiger partial charge in [0, 0.05) is 6.61 Å². The summed E-state index contributed by atoms with van der Waals surface area (Å²) < 4.78 is 4.53. The summed E-state index contributed by atoms with van der Waals surface area (Å²) in [5, 5.41) is 26.2. The Kier molecular flexibility index (Phi) is 2.02. The first-order valence-corrected chi connectivity index (χ1v) is 2.71. The van der Waals surface area contributed by atoms with Gasteiger partial charge in [0.15, 0.2) is 6.29 Å². The lowest BCUT2D eigenvalue weighted by molar-refractivity contribution is -0.190. The molecule has 0 unspecified atom stereocenters. The van der Waals surface area contributed by atoms with E-state index in [1.54, 1.807) is 0 Å². The van der Waals surface area contributed by atoms with Crippen molar-refractivity contribution < 1.29 is 20.1 Å². The van der Waals surface area contributed by atoms with Gasteiger partial charge in [-0.05, 0) is 12.2 Å². The smallest absolute Gasteiger partial charge is 0.152 e. The van der Waals surface area contributed by atoms with Crippen LogP contribution in [0, 0.1) is 6.42 Å². The summed E-state index contributed by atoms with van der Waals surface area (Å²) in [5.41, 5.74) is 0. The van der Waals surface area contributed by atoms with Crippen LogP contribution in [-0.4, -0.2) is 40.4 Å². The summed E-state index contributed by atoms with van der Waals surface area (Å²) >= 11 is 0. The highest BCUT2D eigenvalue weighted by molar-refractivity contribution is 4.88. The number of aliphatic hydroxyl groups is 3. The monoisotopic (exact) mass is 133 g/mol. The molecule has 1 aliphatic heterocycles. The Morgan fingerprint density at radius 1 is 1.33 bits per heavy atom. The molecule has 0 aromatic carbocycles. The molecule has 4 heteroatoms. The minimum Gasteiger partial charge on any atom is -0.423 e. The van der Waals surface area contributed by atoms with E-state index >= 15 is 0 Å². The van der Waals surface area contributed by atoms with Crippen molar-refractivity contribution in [2.45, 2.75) is 18.5 Å². The molecular weight excluding hydrogens is 124 g/mol. The second kappa shape index (κ2) is 2.62. The van der Waals surface area contributed by atoms with E-state index in [2.05, 4.69) is 4.74 Å². The number of ether oxygens (including phenoxy) is 1. The topological polar surface area (TPSA) is 69.9 Å². The molecule has 1 aliphatic rings. The first-order valence-electron chi connectivity index (χ1n) is 2.71. The number of hydrogen-bond donors (Lipinski definition) is 3. The Hall–Kier alpha value is -0.160. The predicted molar refractivity (Wildman–Crippen MR) is 28.3 cm³/mol. The first-order chi connectivity index (χ1) is 4.20. The Bertz CT molecular complexity index is 95.0. The molecule has 0 aromatic rings. The highest BCUT2D eigenvalue weighted by Gasteiger charge is 2.17. The normalized spacial score (nSPS) is 45.0. The van der Waals surface area contributed by atoms with Gasteiger partial charge < -0.3 is 20.1 Å². The maximum Gasteiger partial charge on any atom is 0.152 e. The molecule has 0 aliphatic carbocycles. The summed E-state index contributed by atoms with van der Waals surface area (Å²) in [4.78, 5) is 0. The fraction of sp³-hybridized carbons (Fsp3) is 0.800. The van der Waals surface area contributed by atoms with E-state index in [-0.39, 0.29) is 6.61 Å². The third kappa shape index (κ3) is 1.62. The Labute approximate surface area is 52.7 Å². The zero-order valence-electron chi connectivity index (χ0n) is 4.77. The molecular formula is C5H9O4-. The summed E-state index contributed by atoms with van der Waals surface area (Å²) in [6, 6.07) is 0. The maximum absolute atomic E-state index is 8.76. The first kappa shape index (κ1) is 6.95. The average Bonchev–Trinajstić information content (AvgIpc) is 1.80. The Morgan fingerprint density at radius 3 is 2.44 bits per heavy atom. The summed E-state index contributed by atoms with van der Waals surface area (Å²) in [5.74, 6) is 0. The van der Waals surface area contributed by atoms with E-state index in [4.69, 9.17) is 15.3 Å². The highest BCUT2D eigenvalue weighted by atomic mass is 16.6. The fourth-order valence-corrected chi connectivity index (χ4v) is 0.674. The molecule has 0 amide bonds. The molecule has 9 heavy (non-hydrogen) atoms. The molecule has 0 bridgehead atoms. The van der Waals surface area contributed by atoms with Gasteiger partial charge in [0.1, 0.15) is 0 Å². The van der Waals surface area contributed by atoms with E-state index in [0.29, 0.717) is 0 Å². The van der Waals surface area contributed by atoms with Gasteiger partial charge in [0.05, 0.1) is 0 Å². The summed E-state index contributed by atoms with van der Waals surface area (Å²) in [7, 11) is 0. The zero-order chi connectivity index (χ0) is 6.85. The molecule has 1 rings (SSSR count). The van der Waals surface area contributed by atoms with Crippen molar-refractivity contribution in [3.8, 4) is 0 Å². The van der Waals surface area contributed by atoms with Gasteiger partial charge in [-0.1, -0.05) is 0 Å². The van der Waals surface area contributed by atoms with Gasteiger partial charge in [-0.25, -0.2) is 0 Å². The summed E-state index contributed by atoms with van der Waals surface area (Å²) in [6.45, 7) is 0.0538. The van der Waals surface area contributed by atoms with Crippen molar-refractivity contribution in [3.63, 3.8) is 0 Å². The van der Waals surface area contributed by atoms with Gasteiger partial charge >= 0.3 is 0 Å². The van der Waals surface area contributed by atoms with Crippen LogP contribution in [0.15, 0.2) is 0 Å². The van der Waals surface area contributed by atoms with Crippen LogP contribution in [0.2, 0.25) is 0 Å². The van der Waals surface area contributed by atoms with Gasteiger partial charge in [-0.2, -0.15) is 0 Å². The van der Waals surface area contributed by atoms with Gasteiger partial charge in [-0.15, -0.1) is 0 Å². The largest absolute Gasteiger partial charge is 0.423 e. The molecule has 0 saturated carbocycles. The molecule has 3 N–H and O–H groups in total. The lowest BCUT2D eigenvalue weighted by Gasteiger charge is -2.35. The van der Waals surface area contributed by atoms with Crippen LogP contribution in [0.3, 0.4) is 0 Å². The predicted octanol–water partition coefficient (Wildman–Crippen LogP) is -1.74. The molecule has 54 valence electrons. The van der Waals surface area contributed by atoms with Crippen LogP contribution in [0.5, 0.6) is 0 Å². The Balaban J connectivity index is 2.35. The van der Waals surface area contributed by atoms with Crippen LogP contribution < -0.4 is 0 Å². The van der Waals surface area contributed by atoms with Gasteiger partial charge in [0.25, 0.3) is 0 Å². The quantitative estimate of drug-likeness (QED) is 0.343. The van der Waals surface area contributed by atoms with E-state index < -0.39 is 18.5 Å². The van der Waals surface area contributed by atoms with Crippen molar-refractivity contribution in [2.24, 2.45) is 0 Å². The molecule has 0 aromatic heterocycles. The minimum atomic E-state index is -1.17. The number of hydrogen-bond acceptors (Lipinski definition) is 4. The fourth-order valence-electron chi connectivity index (χ4n) is 0.674. The van der Waals surface area contributed by atoms with Crippen molar-refractivity contribution in [2.75, 3.05) is 6.61 Å². The van der Waals surface area contributed by atoms with Crippen LogP contribution in [0.1, 0.15) is 0 Å². The van der Waals surface area contributed by atoms with E-state index in [1.165, 1.54) is 6.42 Å². The molecule has 3 atom stereocenters. The van der Waals surface area contributed by atoms with Crippen LogP contribution >= 0.6 is 0 Å². The molecule has 0 radical (unpaired) electrons. The lowest BCUT2D eigenvalue weighted by Crippen LogP contribution is -2.41. The highest BCUT2D eigenvalue weighted by Crippen LogP contribution is 2.10. The van der Waals surface area contributed by atoms with Crippen molar-refractivity contribution in [3.05, 3.63) is 6.42 Å². The summed E-state index contributed by atoms with van der Waals surface area (Å²) in [6.07, 6.45) is -1.76. The molecule has 1 fully saturated rings. The van der Waals surface area contributed by atoms with E-state index in [1.807, 2.05) is 0 Å². The second-order valence-electron chi connectivity index (χ2n) is 1.97.